The number of carbonyl (C=O) groups excluding carboxylic acids is 1. The molecule has 1 fully saturated rings. The van der Waals surface area contributed by atoms with E-state index in [1.807, 2.05) is 0 Å². The van der Waals surface area contributed by atoms with Crippen molar-refractivity contribution in [2.24, 2.45) is 0 Å². The quantitative estimate of drug-likeness (QED) is 0.769. The van der Waals surface area contributed by atoms with Gasteiger partial charge in [0, 0.05) is 24.7 Å². The third-order valence-corrected chi connectivity index (χ3v) is 3.69. The number of alkyl halides is 1. The Hall–Kier alpha value is -0.970. The van der Waals surface area contributed by atoms with E-state index in [0.717, 1.165) is 18.9 Å². The molecule has 5 heteroatoms. The monoisotopic (exact) mass is 303 g/mol. The summed E-state index contributed by atoms with van der Waals surface area (Å²) in [6, 6.07) is 3.43. The lowest BCUT2D eigenvalue weighted by atomic mass is 10.1. The minimum absolute atomic E-state index is 0.0278. The predicted molar refractivity (Wildman–Crippen MR) is 63.7 cm³/mol. The molecule has 92 valence electrons. The van der Waals surface area contributed by atoms with Gasteiger partial charge in [-0.2, -0.15) is 0 Å². The minimum Gasteiger partial charge on any atom is -0.337 e. The average molecular weight is 304 g/mol. The Kier molecular flexibility index (Phi) is 3.76. The number of benzene rings is 1. The molecule has 1 aliphatic rings. The number of hydrogen-bond acceptors (Lipinski definition) is 1. The Labute approximate surface area is 107 Å². The maximum Gasteiger partial charge on any atom is 0.236 e. The lowest BCUT2D eigenvalue weighted by molar-refractivity contribution is -0.133. The third-order valence-electron chi connectivity index (χ3n) is 2.84. The molecule has 1 aromatic rings. The number of carbonyl (C=O) groups is 1. The Bertz CT molecular complexity index is 439. The fraction of sp³-hybridized carbons (Fsp3) is 0.417. The van der Waals surface area contributed by atoms with Gasteiger partial charge < -0.3 is 4.90 Å². The Morgan fingerprint density at radius 1 is 1.41 bits per heavy atom. The molecule has 2 rings (SSSR count). The first kappa shape index (κ1) is 12.5. The number of nitrogens with zero attached hydrogens (tertiary/aromatic N) is 1. The number of rotatable bonds is 2. The summed E-state index contributed by atoms with van der Waals surface area (Å²) < 4.78 is 26.2. The molecule has 0 bridgehead atoms. The predicted octanol–water partition coefficient (Wildman–Crippen LogP) is 2.85. The van der Waals surface area contributed by atoms with Crippen LogP contribution in [0.15, 0.2) is 18.2 Å². The van der Waals surface area contributed by atoms with Gasteiger partial charge in [0.15, 0.2) is 0 Å². The molecule has 0 aromatic heterocycles. The molecule has 0 aliphatic carbocycles. The van der Waals surface area contributed by atoms with Gasteiger partial charge in [0.05, 0.1) is 4.83 Å². The average Bonchev–Trinajstić information content (AvgIpc) is 2.28. The molecular weight excluding hydrogens is 292 g/mol. The van der Waals surface area contributed by atoms with E-state index >= 15 is 0 Å². The lowest BCUT2D eigenvalue weighted by Crippen LogP contribution is -2.41. The first-order chi connectivity index (χ1) is 8.08. The van der Waals surface area contributed by atoms with Gasteiger partial charge >= 0.3 is 0 Å². The molecule has 0 saturated carbocycles. The first-order valence-corrected chi connectivity index (χ1v) is 6.36. The van der Waals surface area contributed by atoms with Gasteiger partial charge in [-0.15, -0.1) is 0 Å². The van der Waals surface area contributed by atoms with Crippen LogP contribution in [0, 0.1) is 11.6 Å². The van der Waals surface area contributed by atoms with Crippen molar-refractivity contribution in [1.29, 1.82) is 0 Å². The van der Waals surface area contributed by atoms with Crippen LogP contribution in [0.5, 0.6) is 0 Å². The summed E-state index contributed by atoms with van der Waals surface area (Å²) in [6.07, 6.45) is 1.70. The van der Waals surface area contributed by atoms with E-state index in [1.165, 1.54) is 12.1 Å². The van der Waals surface area contributed by atoms with Crippen molar-refractivity contribution in [3.8, 4) is 0 Å². The van der Waals surface area contributed by atoms with Crippen LogP contribution in [-0.4, -0.2) is 22.2 Å². The highest BCUT2D eigenvalue weighted by Crippen LogP contribution is 2.21. The highest BCUT2D eigenvalue weighted by molar-refractivity contribution is 9.10. The van der Waals surface area contributed by atoms with Gasteiger partial charge in [0.2, 0.25) is 5.91 Å². The van der Waals surface area contributed by atoms with Crippen molar-refractivity contribution in [3.05, 3.63) is 35.4 Å². The fourth-order valence-corrected chi connectivity index (χ4v) is 2.52. The highest BCUT2D eigenvalue weighted by atomic mass is 79.9. The van der Waals surface area contributed by atoms with Gasteiger partial charge in [-0.05, 0) is 18.9 Å². The number of hydrogen-bond donors (Lipinski definition) is 0. The molecule has 1 atom stereocenters. The molecule has 1 amide bonds. The maximum atomic E-state index is 13.4. The highest BCUT2D eigenvalue weighted by Gasteiger charge is 2.26. The molecule has 0 unspecified atom stereocenters. The molecule has 1 aromatic carbocycles. The lowest BCUT2D eigenvalue weighted by Gasteiger charge is -2.29. The van der Waals surface area contributed by atoms with E-state index in [9.17, 15) is 13.6 Å². The van der Waals surface area contributed by atoms with E-state index in [2.05, 4.69) is 15.9 Å². The summed E-state index contributed by atoms with van der Waals surface area (Å²) in [7, 11) is 0. The van der Waals surface area contributed by atoms with Crippen molar-refractivity contribution in [2.45, 2.75) is 24.2 Å². The molecule has 0 spiro atoms. The van der Waals surface area contributed by atoms with E-state index in [0.29, 0.717) is 12.1 Å². The zero-order valence-electron chi connectivity index (χ0n) is 9.13. The first-order valence-electron chi connectivity index (χ1n) is 5.44. The molecule has 1 heterocycles. The topological polar surface area (TPSA) is 20.3 Å². The van der Waals surface area contributed by atoms with E-state index in [4.69, 9.17) is 0 Å². The summed E-state index contributed by atoms with van der Waals surface area (Å²) >= 11 is 3.29. The normalized spacial score (nSPS) is 20.8. The summed E-state index contributed by atoms with van der Waals surface area (Å²) in [4.78, 5) is 13.2. The number of halogens is 3. The van der Waals surface area contributed by atoms with E-state index in [-0.39, 0.29) is 17.3 Å². The molecule has 2 nitrogen and oxygen atoms in total. The number of amides is 1. The largest absolute Gasteiger partial charge is 0.337 e. The SMILES string of the molecule is O=C1[C@H](Br)CCCN1Cc1ccc(F)cc1F. The second kappa shape index (κ2) is 5.12. The van der Waals surface area contributed by atoms with Gasteiger partial charge in [0.25, 0.3) is 0 Å². The number of likely N-dealkylation sites (tertiary alicyclic amines) is 1. The second-order valence-corrected chi connectivity index (χ2v) is 5.21. The van der Waals surface area contributed by atoms with Crippen molar-refractivity contribution in [1.82, 2.24) is 4.90 Å². The smallest absolute Gasteiger partial charge is 0.236 e. The summed E-state index contributed by atoms with van der Waals surface area (Å²) in [5.41, 5.74) is 0.348. The summed E-state index contributed by atoms with van der Waals surface area (Å²) in [6.45, 7) is 0.824. The molecular formula is C12H12BrF2NO. The van der Waals surface area contributed by atoms with Gasteiger partial charge in [-0.3, -0.25) is 4.79 Å². The zero-order chi connectivity index (χ0) is 12.4. The third kappa shape index (κ3) is 2.83. The minimum atomic E-state index is -0.602. The van der Waals surface area contributed by atoms with E-state index in [1.54, 1.807) is 4.90 Å². The van der Waals surface area contributed by atoms with Crippen molar-refractivity contribution < 1.29 is 13.6 Å². The van der Waals surface area contributed by atoms with Gasteiger partial charge in [0.1, 0.15) is 11.6 Å². The second-order valence-electron chi connectivity index (χ2n) is 4.11. The Morgan fingerprint density at radius 2 is 2.18 bits per heavy atom. The summed E-state index contributed by atoms with van der Waals surface area (Å²) in [5.74, 6) is -1.23. The molecule has 17 heavy (non-hydrogen) atoms. The zero-order valence-corrected chi connectivity index (χ0v) is 10.7. The molecule has 1 aliphatic heterocycles. The number of piperidine rings is 1. The van der Waals surface area contributed by atoms with Crippen molar-refractivity contribution in [3.63, 3.8) is 0 Å². The molecule has 1 saturated heterocycles. The van der Waals surface area contributed by atoms with Crippen LogP contribution in [-0.2, 0) is 11.3 Å². The van der Waals surface area contributed by atoms with Gasteiger partial charge in [-0.1, -0.05) is 22.0 Å². The van der Waals surface area contributed by atoms with Gasteiger partial charge in [-0.25, -0.2) is 8.78 Å². The molecule has 0 N–H and O–H groups in total. The standard InChI is InChI=1S/C12H12BrF2NO/c13-10-2-1-5-16(12(10)17)7-8-3-4-9(14)6-11(8)15/h3-4,6,10H,1-2,5,7H2/t10-/m1/s1. The van der Waals surface area contributed by atoms with Crippen LogP contribution < -0.4 is 0 Å². The van der Waals surface area contributed by atoms with Crippen LogP contribution in [0.2, 0.25) is 0 Å². The van der Waals surface area contributed by atoms with Crippen LogP contribution in [0.3, 0.4) is 0 Å². The van der Waals surface area contributed by atoms with Crippen LogP contribution in [0.25, 0.3) is 0 Å². The van der Waals surface area contributed by atoms with E-state index < -0.39 is 11.6 Å². The van der Waals surface area contributed by atoms with Crippen LogP contribution in [0.4, 0.5) is 8.78 Å². The summed E-state index contributed by atoms with van der Waals surface area (Å²) in [5, 5.41) is 0. The Balaban J connectivity index is 2.12. The van der Waals surface area contributed by atoms with Crippen molar-refractivity contribution in [2.75, 3.05) is 6.54 Å². The Morgan fingerprint density at radius 3 is 2.88 bits per heavy atom. The van der Waals surface area contributed by atoms with Crippen molar-refractivity contribution >= 4 is 21.8 Å². The van der Waals surface area contributed by atoms with Crippen LogP contribution in [0.1, 0.15) is 18.4 Å². The molecule has 0 radical (unpaired) electrons. The van der Waals surface area contributed by atoms with Crippen LogP contribution >= 0.6 is 15.9 Å². The fourth-order valence-electron chi connectivity index (χ4n) is 1.91. The maximum absolute atomic E-state index is 13.4.